The minimum absolute atomic E-state index is 0.108. The van der Waals surface area contributed by atoms with Gasteiger partial charge in [0.25, 0.3) is 5.56 Å². The highest BCUT2D eigenvalue weighted by Gasteiger charge is 2.28. The van der Waals surface area contributed by atoms with Gasteiger partial charge in [-0.2, -0.15) is 0 Å². The molecule has 0 saturated carbocycles. The first-order valence-electron chi connectivity index (χ1n) is 11.6. The quantitative estimate of drug-likeness (QED) is 0.303. The van der Waals surface area contributed by atoms with Crippen LogP contribution in [0.1, 0.15) is 71.2 Å². The Bertz CT molecular complexity index is 1110. The Morgan fingerprint density at radius 2 is 1.75 bits per heavy atom. The van der Waals surface area contributed by atoms with E-state index >= 15 is 0 Å². The number of halogens is 1. The molecule has 1 aromatic heterocycles. The highest BCUT2D eigenvalue weighted by Crippen LogP contribution is 2.27. The van der Waals surface area contributed by atoms with Crippen LogP contribution in [0.25, 0.3) is 16.6 Å². The summed E-state index contributed by atoms with van der Waals surface area (Å²) in [6.45, 7) is 6.92. The standard InChI is InChI=1S/C26H32BrN3O2/c1-4-7-10-18-29(24(31)11-5-2)23(6-3)25-28-22-13-9-8-12-21(22)26(32)30(25)20-16-14-19(27)15-17-20/h8-9,12-17,23H,4-7,10-11,18H2,1-3H3. The molecule has 0 spiro atoms. The van der Waals surface area contributed by atoms with E-state index in [4.69, 9.17) is 4.98 Å². The summed E-state index contributed by atoms with van der Waals surface area (Å²) in [5.74, 6) is 0.750. The number of carbonyl (C=O) groups is 1. The number of nitrogens with zero attached hydrogens (tertiary/aromatic N) is 3. The molecule has 170 valence electrons. The van der Waals surface area contributed by atoms with Crippen molar-refractivity contribution < 1.29 is 4.79 Å². The van der Waals surface area contributed by atoms with E-state index in [2.05, 4.69) is 29.8 Å². The normalized spacial score (nSPS) is 12.1. The maximum atomic E-state index is 13.6. The zero-order valence-corrected chi connectivity index (χ0v) is 20.8. The number of hydrogen-bond acceptors (Lipinski definition) is 3. The third-order valence-corrected chi connectivity index (χ3v) is 6.26. The molecule has 0 N–H and O–H groups in total. The van der Waals surface area contributed by atoms with Crippen molar-refractivity contribution in [3.8, 4) is 5.69 Å². The van der Waals surface area contributed by atoms with Gasteiger partial charge in [-0.3, -0.25) is 14.2 Å². The smallest absolute Gasteiger partial charge is 0.266 e. The monoisotopic (exact) mass is 497 g/mol. The number of hydrogen-bond donors (Lipinski definition) is 0. The number of benzene rings is 2. The first kappa shape index (κ1) is 24.2. The van der Waals surface area contributed by atoms with Gasteiger partial charge in [0.15, 0.2) is 0 Å². The number of fused-ring (bicyclic) bond motifs is 1. The summed E-state index contributed by atoms with van der Waals surface area (Å²) in [7, 11) is 0. The van der Waals surface area contributed by atoms with E-state index < -0.39 is 0 Å². The van der Waals surface area contributed by atoms with Crippen LogP contribution in [0.3, 0.4) is 0 Å². The number of carbonyl (C=O) groups excluding carboxylic acids is 1. The summed E-state index contributed by atoms with van der Waals surface area (Å²) in [4.78, 5) is 33.7. The van der Waals surface area contributed by atoms with Crippen LogP contribution in [0.4, 0.5) is 0 Å². The largest absolute Gasteiger partial charge is 0.333 e. The number of para-hydroxylation sites is 1. The van der Waals surface area contributed by atoms with E-state index in [9.17, 15) is 9.59 Å². The molecule has 6 heteroatoms. The van der Waals surface area contributed by atoms with Gasteiger partial charge in [-0.25, -0.2) is 4.98 Å². The zero-order valence-electron chi connectivity index (χ0n) is 19.2. The fourth-order valence-corrected chi connectivity index (χ4v) is 4.36. The van der Waals surface area contributed by atoms with Gasteiger partial charge >= 0.3 is 0 Å². The first-order valence-corrected chi connectivity index (χ1v) is 12.4. The van der Waals surface area contributed by atoms with E-state index in [1.807, 2.05) is 60.4 Å². The lowest BCUT2D eigenvalue weighted by Gasteiger charge is -2.32. The Morgan fingerprint density at radius 1 is 1.03 bits per heavy atom. The molecule has 0 saturated heterocycles. The van der Waals surface area contributed by atoms with Gasteiger partial charge in [-0.05, 0) is 55.7 Å². The minimum atomic E-state index is -0.271. The van der Waals surface area contributed by atoms with Crippen LogP contribution < -0.4 is 5.56 Å². The maximum absolute atomic E-state index is 13.6. The van der Waals surface area contributed by atoms with Gasteiger partial charge in [0.05, 0.1) is 22.6 Å². The second kappa shape index (κ2) is 11.4. The summed E-state index contributed by atoms with van der Waals surface area (Å²) in [6.07, 6.45) is 5.08. The van der Waals surface area contributed by atoms with Crippen molar-refractivity contribution >= 4 is 32.7 Å². The van der Waals surface area contributed by atoms with Crippen molar-refractivity contribution in [2.45, 2.75) is 65.3 Å². The molecule has 0 aliphatic rings. The van der Waals surface area contributed by atoms with Crippen molar-refractivity contribution in [2.24, 2.45) is 0 Å². The summed E-state index contributed by atoms with van der Waals surface area (Å²) in [5.41, 5.74) is 1.31. The molecule has 3 rings (SSSR count). The summed E-state index contributed by atoms with van der Waals surface area (Å²) < 4.78 is 2.63. The number of rotatable bonds is 10. The third kappa shape index (κ3) is 5.29. The molecule has 5 nitrogen and oxygen atoms in total. The van der Waals surface area contributed by atoms with Crippen LogP contribution in [0.5, 0.6) is 0 Å². The van der Waals surface area contributed by atoms with E-state index in [0.29, 0.717) is 36.1 Å². The van der Waals surface area contributed by atoms with Crippen LogP contribution >= 0.6 is 15.9 Å². The van der Waals surface area contributed by atoms with Crippen molar-refractivity contribution in [3.63, 3.8) is 0 Å². The van der Waals surface area contributed by atoms with E-state index in [-0.39, 0.29) is 17.5 Å². The second-order valence-electron chi connectivity index (χ2n) is 8.07. The molecule has 32 heavy (non-hydrogen) atoms. The van der Waals surface area contributed by atoms with Crippen LogP contribution in [0, 0.1) is 0 Å². The van der Waals surface area contributed by atoms with Gasteiger partial charge in [-0.1, -0.05) is 61.7 Å². The summed E-state index contributed by atoms with van der Waals surface area (Å²) in [6, 6.07) is 14.8. The topological polar surface area (TPSA) is 55.2 Å². The molecule has 0 fully saturated rings. The molecule has 2 aromatic carbocycles. The number of aromatic nitrogens is 2. The van der Waals surface area contributed by atoms with Crippen LogP contribution in [0.2, 0.25) is 0 Å². The SMILES string of the molecule is CCCCCN(C(=O)CCC)C(CC)c1nc2ccccc2c(=O)n1-c1ccc(Br)cc1. The molecule has 0 aliphatic carbocycles. The van der Waals surface area contributed by atoms with Gasteiger partial charge < -0.3 is 4.90 Å². The van der Waals surface area contributed by atoms with E-state index in [1.165, 1.54) is 0 Å². The predicted octanol–water partition coefficient (Wildman–Crippen LogP) is 6.42. The Balaban J connectivity index is 2.22. The lowest BCUT2D eigenvalue weighted by Crippen LogP contribution is -2.39. The van der Waals surface area contributed by atoms with Crippen LogP contribution in [-0.4, -0.2) is 26.9 Å². The Hall–Kier alpha value is -2.47. The summed E-state index contributed by atoms with van der Waals surface area (Å²) >= 11 is 3.48. The Labute approximate surface area is 198 Å². The lowest BCUT2D eigenvalue weighted by molar-refractivity contribution is -0.134. The first-order chi connectivity index (χ1) is 15.5. The average molecular weight is 498 g/mol. The molecule has 1 amide bonds. The van der Waals surface area contributed by atoms with Crippen LogP contribution in [0.15, 0.2) is 57.8 Å². The lowest BCUT2D eigenvalue weighted by atomic mass is 10.1. The molecule has 0 aliphatic heterocycles. The Kier molecular flexibility index (Phi) is 8.62. The fourth-order valence-electron chi connectivity index (χ4n) is 4.10. The second-order valence-corrected chi connectivity index (χ2v) is 8.99. The zero-order chi connectivity index (χ0) is 23.1. The number of amides is 1. The van der Waals surface area contributed by atoms with Crippen molar-refractivity contribution in [1.29, 1.82) is 0 Å². The molecular formula is C26H32BrN3O2. The molecule has 1 heterocycles. The molecule has 0 radical (unpaired) electrons. The molecule has 1 unspecified atom stereocenters. The average Bonchev–Trinajstić information content (AvgIpc) is 2.80. The molecule has 0 bridgehead atoms. The van der Waals surface area contributed by atoms with Gasteiger partial charge in [0.1, 0.15) is 5.82 Å². The fraction of sp³-hybridized carbons (Fsp3) is 0.423. The third-order valence-electron chi connectivity index (χ3n) is 5.73. The van der Waals surface area contributed by atoms with Crippen molar-refractivity contribution in [2.75, 3.05) is 6.54 Å². The molecule has 1 atom stereocenters. The summed E-state index contributed by atoms with van der Waals surface area (Å²) in [5, 5.41) is 0.575. The van der Waals surface area contributed by atoms with E-state index in [1.54, 1.807) is 4.57 Å². The van der Waals surface area contributed by atoms with Crippen LogP contribution in [-0.2, 0) is 4.79 Å². The number of unbranched alkanes of at least 4 members (excludes halogenated alkanes) is 2. The Morgan fingerprint density at radius 3 is 2.41 bits per heavy atom. The van der Waals surface area contributed by atoms with E-state index in [0.717, 1.165) is 35.8 Å². The highest BCUT2D eigenvalue weighted by molar-refractivity contribution is 9.10. The predicted molar refractivity (Wildman–Crippen MR) is 134 cm³/mol. The maximum Gasteiger partial charge on any atom is 0.266 e. The van der Waals surface area contributed by atoms with Gasteiger partial charge in [0.2, 0.25) is 5.91 Å². The van der Waals surface area contributed by atoms with Gasteiger partial charge in [0, 0.05) is 17.4 Å². The van der Waals surface area contributed by atoms with Crippen molar-refractivity contribution in [3.05, 3.63) is 69.2 Å². The minimum Gasteiger partial charge on any atom is -0.333 e. The molecular weight excluding hydrogens is 466 g/mol. The van der Waals surface area contributed by atoms with Crippen molar-refractivity contribution in [1.82, 2.24) is 14.5 Å². The highest BCUT2D eigenvalue weighted by atomic mass is 79.9. The van der Waals surface area contributed by atoms with Gasteiger partial charge in [-0.15, -0.1) is 0 Å². The molecule has 3 aromatic rings.